The molecule has 1 fully saturated rings. The van der Waals surface area contributed by atoms with Crippen LogP contribution in [0.25, 0.3) is 0 Å². The summed E-state index contributed by atoms with van der Waals surface area (Å²) in [6, 6.07) is 1.85. The van der Waals surface area contributed by atoms with E-state index in [-0.39, 0.29) is 11.9 Å². The Kier molecular flexibility index (Phi) is 4.90. The second kappa shape index (κ2) is 6.65. The van der Waals surface area contributed by atoms with Crippen LogP contribution in [0.2, 0.25) is 0 Å². The van der Waals surface area contributed by atoms with E-state index in [0.717, 1.165) is 25.1 Å². The van der Waals surface area contributed by atoms with Crippen molar-refractivity contribution in [3.63, 3.8) is 0 Å². The third-order valence-electron chi connectivity index (χ3n) is 3.16. The molecule has 0 saturated carbocycles. The summed E-state index contributed by atoms with van der Waals surface area (Å²) in [5, 5.41) is 6.14. The van der Waals surface area contributed by atoms with E-state index in [1.807, 2.05) is 6.92 Å². The fraction of sp³-hybridized carbons (Fsp3) is 0.538. The zero-order valence-corrected chi connectivity index (χ0v) is 11.8. The van der Waals surface area contributed by atoms with Crippen molar-refractivity contribution in [1.82, 2.24) is 10.3 Å². The zero-order valence-electron chi connectivity index (χ0n) is 11.0. The molecule has 1 aliphatic rings. The molecule has 2 N–H and O–H groups in total. The molecule has 19 heavy (non-hydrogen) atoms. The Balaban J connectivity index is 2.01. The van der Waals surface area contributed by atoms with E-state index in [1.165, 1.54) is 0 Å². The van der Waals surface area contributed by atoms with Crippen molar-refractivity contribution < 1.29 is 9.00 Å². The Morgan fingerprint density at radius 2 is 2.21 bits per heavy atom. The molecular weight excluding hydrogens is 262 g/mol. The maximum Gasteiger partial charge on any atom is 0.253 e. The number of nitrogens with one attached hydrogen (secondary N) is 2. The van der Waals surface area contributed by atoms with Crippen LogP contribution in [0.4, 0.5) is 5.69 Å². The van der Waals surface area contributed by atoms with Gasteiger partial charge in [0.1, 0.15) is 0 Å². The summed E-state index contributed by atoms with van der Waals surface area (Å²) in [5.74, 6) is 1.28. The Labute approximate surface area is 115 Å². The van der Waals surface area contributed by atoms with Crippen LogP contribution in [0, 0.1) is 0 Å². The van der Waals surface area contributed by atoms with Crippen molar-refractivity contribution in [1.29, 1.82) is 0 Å². The van der Waals surface area contributed by atoms with Crippen LogP contribution in [0.15, 0.2) is 18.5 Å². The first kappa shape index (κ1) is 14.0. The van der Waals surface area contributed by atoms with Gasteiger partial charge in [-0.05, 0) is 25.8 Å². The fourth-order valence-corrected chi connectivity index (χ4v) is 3.42. The standard InChI is InChI=1S/C13H19N3O2S/c1-2-15-12-9-14-6-3-11(12)13(17)16-10-4-7-19(18)8-5-10/h3,6,9-10,15H,2,4-5,7-8H2,1H3,(H,16,17). The molecule has 1 saturated heterocycles. The number of rotatable bonds is 4. The number of anilines is 1. The lowest BCUT2D eigenvalue weighted by molar-refractivity contribution is 0.0935. The Morgan fingerprint density at radius 1 is 1.47 bits per heavy atom. The molecular formula is C13H19N3O2S. The summed E-state index contributed by atoms with van der Waals surface area (Å²) in [6.45, 7) is 2.72. The fourth-order valence-electron chi connectivity index (χ4n) is 2.13. The molecule has 2 rings (SSSR count). The second-order valence-corrected chi connectivity index (χ2v) is 6.24. The second-order valence-electron chi connectivity index (χ2n) is 4.55. The number of carbonyl (C=O) groups excluding carboxylic acids is 1. The molecule has 1 aromatic heterocycles. The molecule has 0 spiro atoms. The zero-order chi connectivity index (χ0) is 13.7. The summed E-state index contributed by atoms with van der Waals surface area (Å²) in [5.41, 5.74) is 1.37. The Bertz CT molecular complexity index is 469. The van der Waals surface area contributed by atoms with E-state index < -0.39 is 10.8 Å². The van der Waals surface area contributed by atoms with Crippen LogP contribution in [0.1, 0.15) is 30.1 Å². The van der Waals surface area contributed by atoms with Gasteiger partial charge in [0.25, 0.3) is 5.91 Å². The lowest BCUT2D eigenvalue weighted by Gasteiger charge is -2.23. The Morgan fingerprint density at radius 3 is 2.89 bits per heavy atom. The molecule has 0 aliphatic carbocycles. The third kappa shape index (κ3) is 3.76. The minimum Gasteiger partial charge on any atom is -0.383 e. The smallest absolute Gasteiger partial charge is 0.253 e. The van der Waals surface area contributed by atoms with Gasteiger partial charge in [-0.25, -0.2) is 0 Å². The predicted octanol–water partition coefficient (Wildman–Crippen LogP) is 1.15. The number of aromatic nitrogens is 1. The van der Waals surface area contributed by atoms with Crippen LogP contribution in [0.5, 0.6) is 0 Å². The summed E-state index contributed by atoms with van der Waals surface area (Å²) < 4.78 is 11.3. The van der Waals surface area contributed by atoms with Gasteiger partial charge in [0.15, 0.2) is 0 Å². The Hall–Kier alpha value is -1.43. The summed E-state index contributed by atoms with van der Waals surface area (Å²) in [4.78, 5) is 16.3. The average Bonchev–Trinajstić information content (AvgIpc) is 2.42. The molecule has 0 aromatic carbocycles. The predicted molar refractivity (Wildman–Crippen MR) is 76.8 cm³/mol. The van der Waals surface area contributed by atoms with Crippen molar-refractivity contribution in [2.45, 2.75) is 25.8 Å². The molecule has 1 amide bonds. The first-order chi connectivity index (χ1) is 9.20. The molecule has 1 aromatic rings. The number of hydrogen-bond acceptors (Lipinski definition) is 4. The highest BCUT2D eigenvalue weighted by Gasteiger charge is 2.21. The highest BCUT2D eigenvalue weighted by molar-refractivity contribution is 7.85. The minimum atomic E-state index is -0.701. The first-order valence-electron chi connectivity index (χ1n) is 6.54. The van der Waals surface area contributed by atoms with Crippen molar-refractivity contribution >= 4 is 22.4 Å². The molecule has 0 bridgehead atoms. The van der Waals surface area contributed by atoms with Gasteiger partial charge in [0, 0.05) is 41.1 Å². The van der Waals surface area contributed by atoms with Gasteiger partial charge in [0.2, 0.25) is 0 Å². The van der Waals surface area contributed by atoms with Crippen molar-refractivity contribution in [2.24, 2.45) is 0 Å². The number of amides is 1. The lowest BCUT2D eigenvalue weighted by Crippen LogP contribution is -2.39. The van der Waals surface area contributed by atoms with Crippen molar-refractivity contribution in [2.75, 3.05) is 23.4 Å². The van der Waals surface area contributed by atoms with Gasteiger partial charge >= 0.3 is 0 Å². The van der Waals surface area contributed by atoms with Crippen molar-refractivity contribution in [3.05, 3.63) is 24.0 Å². The summed E-state index contributed by atoms with van der Waals surface area (Å²) in [7, 11) is -0.701. The number of hydrogen-bond donors (Lipinski definition) is 2. The molecule has 0 unspecified atom stereocenters. The van der Waals surface area contributed by atoms with Gasteiger partial charge in [-0.3, -0.25) is 14.0 Å². The van der Waals surface area contributed by atoms with Crippen LogP contribution >= 0.6 is 0 Å². The largest absolute Gasteiger partial charge is 0.383 e. The van der Waals surface area contributed by atoms with E-state index in [1.54, 1.807) is 18.5 Å². The van der Waals surface area contributed by atoms with Gasteiger partial charge < -0.3 is 10.6 Å². The third-order valence-corrected chi connectivity index (χ3v) is 4.54. The highest BCUT2D eigenvalue weighted by Crippen LogP contribution is 2.15. The molecule has 5 nitrogen and oxygen atoms in total. The van der Waals surface area contributed by atoms with Gasteiger partial charge in [0.05, 0.1) is 17.4 Å². The number of carbonyl (C=O) groups is 1. The molecule has 0 radical (unpaired) electrons. The van der Waals surface area contributed by atoms with E-state index in [2.05, 4.69) is 15.6 Å². The number of pyridine rings is 1. The number of nitrogens with zero attached hydrogens (tertiary/aromatic N) is 1. The van der Waals surface area contributed by atoms with E-state index in [4.69, 9.17) is 0 Å². The first-order valence-corrected chi connectivity index (χ1v) is 8.03. The van der Waals surface area contributed by atoms with E-state index in [9.17, 15) is 9.00 Å². The van der Waals surface area contributed by atoms with Gasteiger partial charge in [-0.15, -0.1) is 0 Å². The van der Waals surface area contributed by atoms with Gasteiger partial charge in [-0.2, -0.15) is 0 Å². The monoisotopic (exact) mass is 281 g/mol. The minimum absolute atomic E-state index is 0.0870. The summed E-state index contributed by atoms with van der Waals surface area (Å²) in [6.07, 6.45) is 4.86. The van der Waals surface area contributed by atoms with Crippen LogP contribution in [-0.2, 0) is 10.8 Å². The highest BCUT2D eigenvalue weighted by atomic mass is 32.2. The lowest BCUT2D eigenvalue weighted by atomic mass is 10.1. The molecule has 1 aliphatic heterocycles. The topological polar surface area (TPSA) is 71.1 Å². The van der Waals surface area contributed by atoms with Crippen molar-refractivity contribution in [3.8, 4) is 0 Å². The molecule has 104 valence electrons. The maximum absolute atomic E-state index is 12.2. The van der Waals surface area contributed by atoms with Crippen LogP contribution in [0.3, 0.4) is 0 Å². The molecule has 2 heterocycles. The maximum atomic E-state index is 12.2. The summed E-state index contributed by atoms with van der Waals surface area (Å²) >= 11 is 0. The molecule has 0 atom stereocenters. The SMILES string of the molecule is CCNc1cnccc1C(=O)NC1CCS(=O)CC1. The average molecular weight is 281 g/mol. The normalized spacial score (nSPS) is 22.8. The van der Waals surface area contributed by atoms with Crippen LogP contribution < -0.4 is 10.6 Å². The molecule has 6 heteroatoms. The van der Waals surface area contributed by atoms with Gasteiger partial charge in [-0.1, -0.05) is 0 Å². The van der Waals surface area contributed by atoms with E-state index in [0.29, 0.717) is 17.1 Å². The van der Waals surface area contributed by atoms with Crippen LogP contribution in [-0.4, -0.2) is 39.2 Å². The van der Waals surface area contributed by atoms with E-state index >= 15 is 0 Å². The quantitative estimate of drug-likeness (QED) is 0.868.